The largest absolute Gasteiger partial charge is 0.390 e. The van der Waals surface area contributed by atoms with Crippen LogP contribution in [-0.4, -0.2) is 24.5 Å². The Labute approximate surface area is 51.7 Å². The first kappa shape index (κ1) is 8.05. The van der Waals surface area contributed by atoms with Gasteiger partial charge in [-0.1, -0.05) is 0 Å². The van der Waals surface area contributed by atoms with Gasteiger partial charge in [-0.2, -0.15) is 8.42 Å². The second-order valence-corrected chi connectivity index (χ2v) is 2.40. The Morgan fingerprint density at radius 3 is 2.33 bits per heavy atom. The number of amidine groups is 1. The Morgan fingerprint density at radius 1 is 1.78 bits per heavy atom. The fourth-order valence-corrected chi connectivity index (χ4v) is 0.328. The molecule has 0 aliphatic rings. The van der Waals surface area contributed by atoms with E-state index in [4.69, 9.17) is 9.96 Å². The first-order chi connectivity index (χ1) is 3.98. The number of hydrogen-bond acceptors (Lipinski definition) is 3. The van der Waals surface area contributed by atoms with Crippen molar-refractivity contribution in [1.82, 2.24) is 0 Å². The molecule has 0 aliphatic heterocycles. The highest BCUT2D eigenvalue weighted by Gasteiger charge is 2.09. The van der Waals surface area contributed by atoms with E-state index in [9.17, 15) is 8.42 Å². The maximum Gasteiger partial charge on any atom is 0.330 e. The van der Waals surface area contributed by atoms with Gasteiger partial charge in [0.1, 0.15) is 0 Å². The summed E-state index contributed by atoms with van der Waals surface area (Å²) in [7, 11) is -4.46. The normalized spacial score (nSPS) is 12.1. The van der Waals surface area contributed by atoms with E-state index in [1.807, 2.05) is 0 Å². The van der Waals surface area contributed by atoms with Crippen LogP contribution in [0.3, 0.4) is 0 Å². The average Bonchev–Trinajstić information content (AvgIpc) is 1.64. The van der Waals surface area contributed by atoms with Crippen LogP contribution in [0.2, 0.25) is 0 Å². The number of rotatable bonds is 0. The summed E-state index contributed by atoms with van der Waals surface area (Å²) >= 11 is 0. The van der Waals surface area contributed by atoms with E-state index < -0.39 is 15.3 Å². The summed E-state index contributed by atoms with van der Waals surface area (Å²) in [5.74, 6) is 0. The standard InChI is InChI=1S/C2H5N3O3S/c3-1-5-2(4)9(6,7)8/h1H,(H3,3,4,5)(H,6,7,8). The Hall–Kier alpha value is -0.950. The maximum atomic E-state index is 9.88. The molecule has 0 fully saturated rings. The fourth-order valence-electron chi connectivity index (χ4n) is 0.134. The molecule has 0 saturated heterocycles. The molecule has 6 nitrogen and oxygen atoms in total. The van der Waals surface area contributed by atoms with Gasteiger partial charge >= 0.3 is 10.1 Å². The molecule has 0 amide bonds. The number of nitrogens with one attached hydrogen (secondary N) is 1. The highest BCUT2D eigenvalue weighted by atomic mass is 32.2. The molecule has 0 heterocycles. The van der Waals surface area contributed by atoms with Crippen LogP contribution in [0.25, 0.3) is 0 Å². The summed E-state index contributed by atoms with van der Waals surface area (Å²) in [4.78, 5) is 2.79. The molecule has 0 bridgehead atoms. The number of hydrogen-bond donors (Lipinski definition) is 3. The summed E-state index contributed by atoms with van der Waals surface area (Å²) in [6.07, 6.45) is 0.607. The van der Waals surface area contributed by atoms with Gasteiger partial charge in [0.15, 0.2) is 0 Å². The van der Waals surface area contributed by atoms with E-state index in [1.54, 1.807) is 0 Å². The van der Waals surface area contributed by atoms with Gasteiger partial charge in [0.25, 0.3) is 5.17 Å². The quantitative estimate of drug-likeness (QED) is 0.229. The number of aliphatic imine (C=N–C) groups is 1. The van der Waals surface area contributed by atoms with E-state index in [0.717, 1.165) is 0 Å². The molecule has 0 unspecified atom stereocenters. The molecule has 52 valence electrons. The summed E-state index contributed by atoms with van der Waals surface area (Å²) in [6, 6.07) is 0. The van der Waals surface area contributed by atoms with E-state index in [0.29, 0.717) is 6.34 Å². The minimum absolute atomic E-state index is 0.607. The SMILES string of the molecule is N=C(N=CN)S(=O)(=O)O. The maximum absolute atomic E-state index is 9.88. The highest BCUT2D eigenvalue weighted by Crippen LogP contribution is 1.84. The van der Waals surface area contributed by atoms with Crippen LogP contribution in [0.1, 0.15) is 0 Å². The van der Waals surface area contributed by atoms with Crippen LogP contribution in [0, 0.1) is 5.41 Å². The molecule has 0 aliphatic carbocycles. The molecule has 0 radical (unpaired) electrons. The Morgan fingerprint density at radius 2 is 2.22 bits per heavy atom. The Kier molecular flexibility index (Phi) is 2.29. The van der Waals surface area contributed by atoms with Gasteiger partial charge in [-0.05, 0) is 0 Å². The minimum Gasteiger partial charge on any atom is -0.390 e. The molecular weight excluding hydrogens is 146 g/mol. The summed E-state index contributed by atoms with van der Waals surface area (Å²) in [5, 5.41) is 5.26. The van der Waals surface area contributed by atoms with E-state index >= 15 is 0 Å². The van der Waals surface area contributed by atoms with E-state index in [1.165, 1.54) is 0 Å². The van der Waals surface area contributed by atoms with Gasteiger partial charge in [0.2, 0.25) is 0 Å². The Balaban J connectivity index is 4.45. The van der Waals surface area contributed by atoms with E-state index in [2.05, 4.69) is 10.7 Å². The molecule has 4 N–H and O–H groups in total. The van der Waals surface area contributed by atoms with Crippen LogP contribution in [-0.2, 0) is 10.1 Å². The molecular formula is C2H5N3O3S. The molecule has 0 atom stereocenters. The molecule has 0 aromatic heterocycles. The molecule has 0 aromatic carbocycles. The number of nitrogens with zero attached hydrogens (tertiary/aromatic N) is 1. The second-order valence-electron chi connectivity index (χ2n) is 1.06. The van der Waals surface area contributed by atoms with E-state index in [-0.39, 0.29) is 0 Å². The van der Waals surface area contributed by atoms with Crippen LogP contribution < -0.4 is 5.73 Å². The van der Waals surface area contributed by atoms with Gasteiger partial charge in [-0.25, -0.2) is 4.99 Å². The molecule has 0 aromatic rings. The van der Waals surface area contributed by atoms with Crippen molar-refractivity contribution in [2.75, 3.05) is 0 Å². The van der Waals surface area contributed by atoms with Gasteiger partial charge in [-0.15, -0.1) is 0 Å². The van der Waals surface area contributed by atoms with Crippen LogP contribution in [0.15, 0.2) is 4.99 Å². The molecule has 0 spiro atoms. The van der Waals surface area contributed by atoms with Gasteiger partial charge in [0, 0.05) is 0 Å². The van der Waals surface area contributed by atoms with Crippen LogP contribution >= 0.6 is 0 Å². The van der Waals surface area contributed by atoms with Crippen molar-refractivity contribution < 1.29 is 13.0 Å². The third-order valence-corrected chi connectivity index (χ3v) is 1.03. The zero-order chi connectivity index (χ0) is 7.49. The van der Waals surface area contributed by atoms with Crippen molar-refractivity contribution in [2.24, 2.45) is 10.7 Å². The molecule has 0 saturated carbocycles. The highest BCUT2D eigenvalue weighted by molar-refractivity contribution is 8.01. The predicted molar refractivity (Wildman–Crippen MR) is 32.0 cm³/mol. The van der Waals surface area contributed by atoms with Crippen molar-refractivity contribution in [2.45, 2.75) is 0 Å². The predicted octanol–water partition coefficient (Wildman–Crippen LogP) is -1.20. The van der Waals surface area contributed by atoms with Crippen molar-refractivity contribution in [3.05, 3.63) is 0 Å². The lowest BCUT2D eigenvalue weighted by Gasteiger charge is -1.87. The second kappa shape index (κ2) is 2.55. The molecule has 7 heteroatoms. The van der Waals surface area contributed by atoms with Crippen molar-refractivity contribution in [1.29, 1.82) is 5.41 Å². The van der Waals surface area contributed by atoms with Crippen molar-refractivity contribution in [3.8, 4) is 0 Å². The van der Waals surface area contributed by atoms with Gasteiger partial charge in [-0.3, -0.25) is 9.96 Å². The monoisotopic (exact) mass is 151 g/mol. The summed E-state index contributed by atoms with van der Waals surface area (Å²) in [6.45, 7) is 0. The van der Waals surface area contributed by atoms with Crippen LogP contribution in [0.5, 0.6) is 0 Å². The topological polar surface area (TPSA) is 117 Å². The first-order valence-electron chi connectivity index (χ1n) is 1.79. The first-order valence-corrected chi connectivity index (χ1v) is 3.23. The van der Waals surface area contributed by atoms with Crippen LogP contribution in [0.4, 0.5) is 0 Å². The van der Waals surface area contributed by atoms with Gasteiger partial charge < -0.3 is 5.73 Å². The zero-order valence-corrected chi connectivity index (χ0v) is 5.09. The van der Waals surface area contributed by atoms with Gasteiger partial charge in [0.05, 0.1) is 6.34 Å². The van der Waals surface area contributed by atoms with Crippen molar-refractivity contribution >= 4 is 21.6 Å². The summed E-state index contributed by atoms with van der Waals surface area (Å²) in [5.41, 5.74) is 4.62. The number of nitrogens with two attached hydrogens (primary N) is 1. The fraction of sp³-hybridized carbons (Fsp3) is 0. The lowest BCUT2D eigenvalue weighted by molar-refractivity contribution is 0.497. The minimum atomic E-state index is -4.46. The molecule has 9 heavy (non-hydrogen) atoms. The lowest BCUT2D eigenvalue weighted by Crippen LogP contribution is -2.10. The smallest absolute Gasteiger partial charge is 0.330 e. The average molecular weight is 151 g/mol. The summed E-state index contributed by atoms with van der Waals surface area (Å²) < 4.78 is 27.8. The molecule has 0 rings (SSSR count). The third kappa shape index (κ3) is 2.77. The zero-order valence-electron chi connectivity index (χ0n) is 4.27. The lowest BCUT2D eigenvalue weighted by atomic mass is 11.2. The third-order valence-electron chi connectivity index (χ3n) is 0.436. The van der Waals surface area contributed by atoms with Crippen molar-refractivity contribution in [3.63, 3.8) is 0 Å². The Bertz CT molecular complexity index is 227.